The topological polar surface area (TPSA) is 335 Å². The van der Waals surface area contributed by atoms with Crippen molar-refractivity contribution in [1.82, 2.24) is 34.7 Å². The smallest absolute Gasteiger partial charge is 1.00 e. The van der Waals surface area contributed by atoms with Crippen molar-refractivity contribution >= 4 is 57.0 Å². The van der Waals surface area contributed by atoms with Crippen molar-refractivity contribution in [3.63, 3.8) is 0 Å². The molecule has 37 heteroatoms. The van der Waals surface area contributed by atoms with Crippen LogP contribution in [0.4, 0.5) is 43.9 Å². The number of carbonyl (C=O) groups excluding carboxylic acids is 5. The first-order chi connectivity index (χ1) is 66.6. The van der Waals surface area contributed by atoms with Gasteiger partial charge in [0.05, 0.1) is 49.4 Å². The fourth-order valence-electron chi connectivity index (χ4n) is 15.6. The average molecular weight is 2100 g/mol. The first-order valence-corrected chi connectivity index (χ1v) is 45.8. The van der Waals surface area contributed by atoms with E-state index in [-0.39, 0.29) is 194 Å². The van der Waals surface area contributed by atoms with E-state index in [9.17, 15) is 88.0 Å². The fourth-order valence-corrected chi connectivity index (χ4v) is 16.0. The van der Waals surface area contributed by atoms with Crippen LogP contribution in [0.25, 0.3) is 0 Å². The number of nitrogens with two attached hydrogens (primary N) is 1. The minimum atomic E-state index is -0.768. The van der Waals surface area contributed by atoms with Crippen molar-refractivity contribution in [2.75, 3.05) is 64.4 Å². The van der Waals surface area contributed by atoms with E-state index in [4.69, 9.17) is 30.4 Å². The largest absolute Gasteiger partial charge is 1.00 e. The van der Waals surface area contributed by atoms with Gasteiger partial charge in [-0.25, -0.2) is 43.9 Å². The summed E-state index contributed by atoms with van der Waals surface area (Å²) in [4.78, 5) is 86.1. The molecule has 0 radical (unpaired) electrons. The molecule has 3 aliphatic heterocycles. The van der Waals surface area contributed by atoms with E-state index in [1.165, 1.54) is 143 Å². The number of epoxide rings is 1. The summed E-state index contributed by atoms with van der Waals surface area (Å²) in [6.07, 6.45) is 3.77. The molecule has 15 rings (SSSR count). The van der Waals surface area contributed by atoms with E-state index in [2.05, 4.69) is 54.9 Å². The zero-order valence-electron chi connectivity index (χ0n) is 80.1. The van der Waals surface area contributed by atoms with E-state index >= 15 is 0 Å². The van der Waals surface area contributed by atoms with Crippen molar-refractivity contribution in [1.29, 1.82) is 0 Å². The molecule has 742 valence electrons. The molecule has 23 nitrogen and oxygen atoms in total. The number of aliphatic hydroxyl groups excluding tert-OH is 3. The van der Waals surface area contributed by atoms with Gasteiger partial charge < -0.3 is 62.3 Å². The molecule has 5 heterocycles. The Hall–Kier alpha value is -9.63. The van der Waals surface area contributed by atoms with Crippen LogP contribution in [0, 0.1) is 58.2 Å². The number of fused-ring (bicyclic) bond motifs is 2. The monoisotopic (exact) mass is 2090 g/mol. The van der Waals surface area contributed by atoms with Gasteiger partial charge in [-0.15, -0.1) is 0 Å². The molecule has 141 heavy (non-hydrogen) atoms. The predicted octanol–water partition coefficient (Wildman–Crippen LogP) is 11.6. The van der Waals surface area contributed by atoms with Crippen molar-refractivity contribution in [3.05, 3.63) is 401 Å². The number of hydrogen-bond donors (Lipinski definition) is 6. The van der Waals surface area contributed by atoms with Gasteiger partial charge in [-0.2, -0.15) is 10.2 Å². The molecule has 1 fully saturated rings. The van der Waals surface area contributed by atoms with E-state index in [0.717, 1.165) is 56.4 Å². The molecule has 1 saturated heterocycles. The Bertz CT molecular complexity index is 5880. The van der Waals surface area contributed by atoms with Crippen molar-refractivity contribution in [3.8, 4) is 11.5 Å². The first kappa shape index (κ1) is 122. The number of nitrogens with one attached hydrogen (secondary N) is 1. The third kappa shape index (κ3) is 37.8. The average Bonchev–Trinajstić information content (AvgIpc) is 0.980. The summed E-state index contributed by atoms with van der Waals surface area (Å²) < 4.78 is 150. The predicted molar refractivity (Wildman–Crippen MR) is 509 cm³/mol. The van der Waals surface area contributed by atoms with Crippen LogP contribution in [-0.4, -0.2) is 162 Å². The number of rotatable bonds is 27. The molecule has 3 aliphatic rings. The van der Waals surface area contributed by atoms with Gasteiger partial charge in [-0.3, -0.25) is 42.9 Å². The van der Waals surface area contributed by atoms with Gasteiger partial charge in [0, 0.05) is 88.1 Å². The van der Waals surface area contributed by atoms with Crippen LogP contribution < -0.4 is 135 Å². The molecule has 5 atom stereocenters. The Balaban J connectivity index is 0.000000361. The number of alkyl halides is 1. The number of esters is 1. The summed E-state index contributed by atoms with van der Waals surface area (Å²) in [6.45, 7) is 15.8. The Labute approximate surface area is 910 Å². The second kappa shape index (κ2) is 63.5. The van der Waals surface area contributed by atoms with Crippen LogP contribution in [-0.2, 0) is 24.0 Å². The van der Waals surface area contributed by atoms with Gasteiger partial charge in [-0.05, 0) is 234 Å². The van der Waals surface area contributed by atoms with E-state index in [1.807, 2.05) is 32.9 Å². The quantitative estimate of drug-likeness (QED) is 0.00266. The van der Waals surface area contributed by atoms with Crippen molar-refractivity contribution < 1.29 is 212 Å². The Morgan fingerprint density at radius 3 is 1.04 bits per heavy atom. The normalized spacial score (nSPS) is 13.9. The molecule has 12 aromatic rings. The SMILES string of the molecule is CC(=O)Cl.CCCN.CCCN1C[C@H](C(c2cccc(F)c2)c2cccc(F)c2)n2ncc(=O)c(O)c2C1=O.CCCN1C[C@H](C(c2cccc(F)c2)c2cccc(F)c2)n2ncc(=O)c(OC(C)=O)c2C1=O.CCCNCC(O)C(c1cccc(F)c1)c1cccc(F)c1.CCO.Fc1cccc(C(c2cccc(F)c2)C2CO2)c1.O=CO[O-].OC(CBr)C(c1cccc(F)c1)c1cccc(F)c1.[H-].[K+].[K+]. The van der Waals surface area contributed by atoms with Crippen LogP contribution >= 0.6 is 27.5 Å². The van der Waals surface area contributed by atoms with Gasteiger partial charge in [0.25, 0.3) is 18.3 Å². The van der Waals surface area contributed by atoms with Gasteiger partial charge in [0.1, 0.15) is 58.2 Å². The van der Waals surface area contributed by atoms with Gasteiger partial charge in [-0.1, -0.05) is 165 Å². The summed E-state index contributed by atoms with van der Waals surface area (Å²) in [7, 11) is 0. The Morgan fingerprint density at radius 2 is 0.773 bits per heavy atom. The maximum Gasteiger partial charge on any atom is 1.00 e. The molecule has 2 aromatic heterocycles. The second-order valence-electron chi connectivity index (χ2n) is 31.6. The molecular formula is C104H110BrClF10K2N8O15. The molecule has 2 amide bonds. The molecule has 7 N–H and O–H groups in total. The minimum absolute atomic E-state index is 0. The maximum absolute atomic E-state index is 14.2. The third-order valence-corrected chi connectivity index (χ3v) is 21.9. The number of carbonyl (C=O) groups is 5. The summed E-state index contributed by atoms with van der Waals surface area (Å²) in [5.74, 6) is -8.99. The zero-order chi connectivity index (χ0) is 102. The number of aliphatic hydroxyl groups is 3. The molecule has 0 bridgehead atoms. The number of nitrogens with zero attached hydrogens (tertiary/aromatic N) is 6. The van der Waals surface area contributed by atoms with E-state index in [1.54, 1.807) is 121 Å². The number of halogens is 12. The number of aromatic nitrogens is 4. The van der Waals surface area contributed by atoms with E-state index in [0.29, 0.717) is 88.9 Å². The van der Waals surface area contributed by atoms with Crippen molar-refractivity contribution in [2.45, 2.75) is 134 Å². The summed E-state index contributed by atoms with van der Waals surface area (Å²) in [6, 6.07) is 59.5. The molecular weight excluding hydrogens is 1980 g/mol. The van der Waals surface area contributed by atoms with Crippen LogP contribution in [0.5, 0.6) is 11.5 Å². The van der Waals surface area contributed by atoms with Crippen LogP contribution in [0.15, 0.2) is 265 Å². The molecule has 3 unspecified atom stereocenters. The van der Waals surface area contributed by atoms with Crippen molar-refractivity contribution in [2.24, 2.45) is 5.73 Å². The Kier molecular flexibility index (Phi) is 54.9. The van der Waals surface area contributed by atoms with Gasteiger partial charge in [0.15, 0.2) is 17.1 Å². The zero-order valence-corrected chi connectivity index (χ0v) is 87.7. The number of ether oxygens (including phenoxy) is 2. The Morgan fingerprint density at radius 1 is 0.504 bits per heavy atom. The summed E-state index contributed by atoms with van der Waals surface area (Å²) >= 11 is 7.85. The molecule has 0 aliphatic carbocycles. The fraction of sp³-hybridized carbons (Fsp3) is 0.298. The summed E-state index contributed by atoms with van der Waals surface area (Å²) in [5, 5.41) is 58.5. The van der Waals surface area contributed by atoms with Crippen LogP contribution in [0.1, 0.15) is 194 Å². The number of aromatic hydroxyl groups is 1. The number of amides is 2. The van der Waals surface area contributed by atoms with Crippen LogP contribution in [0.2, 0.25) is 0 Å². The maximum atomic E-state index is 14.2. The van der Waals surface area contributed by atoms with E-state index < -0.39 is 111 Å². The van der Waals surface area contributed by atoms with Crippen LogP contribution in [0.3, 0.4) is 0 Å². The second-order valence-corrected chi connectivity index (χ2v) is 32.8. The summed E-state index contributed by atoms with van der Waals surface area (Å²) in [5.41, 5.74) is 9.56. The standard InChI is InChI=1S/C25H23F2N3O4.C23H21F2N3O3.C18H21F2NO.C15H13BrF2O.C15H12F2O.C3H9N.C2H3ClO.C2H6O.CH2O3.2K.H/c1-3-10-29-14-20(30-23(25(29)33)24(34-15(2)31)21(32)13-28-30)22(16-6-4-8-18(26)11-16)17-7-5-9-19(27)12-17;1-2-9-27-13-18(28-21(23(27)31)22(30)19(29)12-26-28)20(14-5-3-7-16(24)10-14)15-6-4-8-17(25)11-15;1-2-9-21-12-17(22)18(13-5-3-7-15(19)10-13)14-6-4-8-16(20)11-14;16-9-14(19)15(10-3-1-5-12(17)7-10)11-4-2-6-13(18)8-11;16-12-5-1-3-10(7-12)15(14-9-18-14)11-4-2-6-13(17)8-11;1-2-3-4;1-2(3)4;1-2-3;2-1-4-3;;;/h4-9,11-13,20,22H,3,10,14H2,1-2H3;3-8,10-12,18,20,30H,2,9,13H2,1H3;3-8,10-11,17-18,21-22H,2,9,12H2,1H3;1-8,14-15,19H,9H2;1-8,14-15H,9H2;2-4H2,1H3;1H3;3H,2H2,1H3;1,3H;;;/q;;;;;;;;;2*+1;-1/p-1/t20-;18-;;;;;;;;;;/m11........../s1. The van der Waals surface area contributed by atoms with Gasteiger partial charge in [0.2, 0.25) is 21.8 Å². The molecule has 0 spiro atoms. The van der Waals surface area contributed by atoms with Gasteiger partial charge >= 0.3 is 109 Å². The third-order valence-electron chi connectivity index (χ3n) is 21.2. The number of hydrogen-bond acceptors (Lipinski definition) is 19. The molecule has 10 aromatic carbocycles. The molecule has 0 saturated carbocycles. The first-order valence-electron chi connectivity index (χ1n) is 44.3. The number of benzene rings is 10. The minimum Gasteiger partial charge on any atom is -1.00 e.